The lowest BCUT2D eigenvalue weighted by molar-refractivity contribution is -0.118. The van der Waals surface area contributed by atoms with E-state index in [1.165, 1.54) is 20.8 Å². The highest BCUT2D eigenvalue weighted by atomic mass is 32.1. The number of nitrogens with one attached hydrogen (secondary N) is 1. The molecule has 0 saturated heterocycles. The molecular weight excluding hydrogens is 482 g/mol. The number of para-hydroxylation sites is 1. The smallest absolute Gasteiger partial charge is 0.291 e. The standard InChI is InChI=1S/C25H17N5O3S2/c1-14-6-4-7-15(12-14)26-19(31)13-29-17-9-3-2-8-16(17)20(23(29)32)21-24(33)30-25(35-21)27-22(28-30)18-10-5-11-34-18/h2-12H,13H2,1H3,(H,26,31). The van der Waals surface area contributed by atoms with Gasteiger partial charge in [-0.15, -0.1) is 16.4 Å². The van der Waals surface area contributed by atoms with Gasteiger partial charge in [0.1, 0.15) is 11.1 Å². The lowest BCUT2D eigenvalue weighted by atomic mass is 10.1. The molecule has 1 N–H and O–H groups in total. The Kier molecular flexibility index (Phi) is 5.05. The molecule has 0 spiro atoms. The van der Waals surface area contributed by atoms with Gasteiger partial charge in [0.15, 0.2) is 5.82 Å². The topological polar surface area (TPSA) is 96.7 Å². The molecule has 4 heterocycles. The summed E-state index contributed by atoms with van der Waals surface area (Å²) >= 11 is 2.62. The summed E-state index contributed by atoms with van der Waals surface area (Å²) in [5.74, 6) is -0.247. The minimum Gasteiger partial charge on any atom is -0.325 e. The first-order valence-electron chi connectivity index (χ1n) is 10.7. The third kappa shape index (κ3) is 3.63. The second kappa shape index (κ2) is 8.26. The molecule has 0 atom stereocenters. The maximum atomic E-state index is 13.5. The Morgan fingerprint density at radius 1 is 1.06 bits per heavy atom. The Morgan fingerprint density at radius 2 is 1.91 bits per heavy atom. The van der Waals surface area contributed by atoms with Crippen molar-refractivity contribution in [1.82, 2.24) is 14.6 Å². The number of aryl methyl sites for hydroxylation is 1. The summed E-state index contributed by atoms with van der Waals surface area (Å²) in [4.78, 5) is 46.8. The molecule has 172 valence electrons. The van der Waals surface area contributed by atoms with Gasteiger partial charge < -0.3 is 5.32 Å². The SMILES string of the molecule is Cc1cccc(NC(=O)CN2C(=O)C(=c3sc4nc(-c5cccs5)nn4c3=O)c3ccccc32)c1. The highest BCUT2D eigenvalue weighted by Crippen LogP contribution is 2.35. The summed E-state index contributed by atoms with van der Waals surface area (Å²) in [6.45, 7) is 1.76. The monoisotopic (exact) mass is 499 g/mol. The van der Waals surface area contributed by atoms with Crippen LogP contribution in [-0.2, 0) is 9.59 Å². The first-order valence-corrected chi connectivity index (χ1v) is 12.4. The molecule has 0 saturated carbocycles. The van der Waals surface area contributed by atoms with Crippen molar-refractivity contribution in [2.24, 2.45) is 0 Å². The van der Waals surface area contributed by atoms with E-state index in [2.05, 4.69) is 15.4 Å². The van der Waals surface area contributed by atoms with Crippen molar-refractivity contribution in [1.29, 1.82) is 0 Å². The summed E-state index contributed by atoms with van der Waals surface area (Å²) in [7, 11) is 0. The first kappa shape index (κ1) is 21.4. The number of anilines is 2. The molecule has 35 heavy (non-hydrogen) atoms. The number of rotatable bonds is 4. The number of carbonyl (C=O) groups excluding carboxylic acids is 2. The van der Waals surface area contributed by atoms with Crippen molar-refractivity contribution in [3.63, 3.8) is 0 Å². The Labute approximate surface area is 206 Å². The summed E-state index contributed by atoms with van der Waals surface area (Å²) in [6.07, 6.45) is 0. The Hall–Kier alpha value is -4.15. The van der Waals surface area contributed by atoms with Gasteiger partial charge in [-0.25, -0.2) is 0 Å². The summed E-state index contributed by atoms with van der Waals surface area (Å²) in [6, 6.07) is 18.4. The molecule has 3 aromatic heterocycles. The Morgan fingerprint density at radius 3 is 2.69 bits per heavy atom. The molecule has 0 radical (unpaired) electrons. The van der Waals surface area contributed by atoms with Crippen LogP contribution in [0.1, 0.15) is 11.1 Å². The predicted molar refractivity (Wildman–Crippen MR) is 137 cm³/mol. The van der Waals surface area contributed by atoms with Gasteiger partial charge in [-0.05, 0) is 42.1 Å². The Bertz CT molecular complexity index is 1740. The number of nitrogens with zero attached hydrogens (tertiary/aromatic N) is 4. The predicted octanol–water partition coefficient (Wildman–Crippen LogP) is 3.09. The zero-order valence-electron chi connectivity index (χ0n) is 18.4. The molecular formula is C25H17N5O3S2. The van der Waals surface area contributed by atoms with Crippen LogP contribution < -0.4 is 20.3 Å². The van der Waals surface area contributed by atoms with Gasteiger partial charge in [0, 0.05) is 11.3 Å². The van der Waals surface area contributed by atoms with E-state index < -0.39 is 11.5 Å². The maximum absolute atomic E-state index is 13.5. The van der Waals surface area contributed by atoms with Crippen LogP contribution in [0.15, 0.2) is 70.8 Å². The summed E-state index contributed by atoms with van der Waals surface area (Å²) < 4.78 is 1.50. The fourth-order valence-electron chi connectivity index (χ4n) is 4.12. The molecule has 10 heteroatoms. The molecule has 0 fully saturated rings. The molecule has 0 unspecified atom stereocenters. The van der Waals surface area contributed by atoms with Gasteiger partial charge in [-0.3, -0.25) is 19.3 Å². The molecule has 1 aliphatic rings. The first-order chi connectivity index (χ1) is 17.0. The number of thiophene rings is 1. The van der Waals surface area contributed by atoms with Crippen LogP contribution in [0.2, 0.25) is 0 Å². The highest BCUT2D eigenvalue weighted by Gasteiger charge is 2.35. The number of thiazole rings is 1. The van der Waals surface area contributed by atoms with E-state index in [9.17, 15) is 14.4 Å². The summed E-state index contributed by atoms with van der Waals surface area (Å²) in [5, 5.41) is 9.12. The second-order valence-corrected chi connectivity index (χ2v) is 9.97. The minimum atomic E-state index is -0.399. The normalized spacial score (nSPS) is 14.5. The van der Waals surface area contributed by atoms with Gasteiger partial charge in [-0.2, -0.15) is 9.50 Å². The lowest BCUT2D eigenvalue weighted by Crippen LogP contribution is -2.37. The van der Waals surface area contributed by atoms with Crippen LogP contribution in [0, 0.1) is 6.92 Å². The van der Waals surface area contributed by atoms with E-state index in [4.69, 9.17) is 0 Å². The molecule has 2 aromatic carbocycles. The maximum Gasteiger partial charge on any atom is 0.291 e. The number of fused-ring (bicyclic) bond motifs is 2. The van der Waals surface area contributed by atoms with Gasteiger partial charge in [-0.1, -0.05) is 47.7 Å². The van der Waals surface area contributed by atoms with Crippen LogP contribution >= 0.6 is 22.7 Å². The van der Waals surface area contributed by atoms with Crippen LogP contribution in [0.3, 0.4) is 0 Å². The number of aromatic nitrogens is 3. The van der Waals surface area contributed by atoms with Crippen LogP contribution in [0.5, 0.6) is 0 Å². The van der Waals surface area contributed by atoms with Gasteiger partial charge in [0.25, 0.3) is 11.5 Å². The molecule has 0 aliphatic carbocycles. The van der Waals surface area contributed by atoms with E-state index in [-0.39, 0.29) is 22.6 Å². The van der Waals surface area contributed by atoms with Crippen molar-refractivity contribution in [3.8, 4) is 10.7 Å². The summed E-state index contributed by atoms with van der Waals surface area (Å²) in [5.41, 5.74) is 2.74. The second-order valence-electron chi connectivity index (χ2n) is 8.04. The van der Waals surface area contributed by atoms with Crippen LogP contribution in [0.4, 0.5) is 11.4 Å². The van der Waals surface area contributed by atoms with Crippen molar-refractivity contribution in [2.75, 3.05) is 16.8 Å². The number of carbonyl (C=O) groups is 2. The fourth-order valence-corrected chi connectivity index (χ4v) is 5.77. The van der Waals surface area contributed by atoms with E-state index >= 15 is 0 Å². The Balaban J connectivity index is 1.40. The molecule has 6 rings (SSSR count). The van der Waals surface area contributed by atoms with Gasteiger partial charge in [0.2, 0.25) is 10.9 Å². The highest BCUT2D eigenvalue weighted by molar-refractivity contribution is 7.15. The van der Waals surface area contributed by atoms with Crippen molar-refractivity contribution >= 4 is 56.4 Å². The van der Waals surface area contributed by atoms with E-state index in [1.807, 2.05) is 42.6 Å². The average molecular weight is 500 g/mol. The number of amides is 2. The number of hydrogen-bond donors (Lipinski definition) is 1. The van der Waals surface area contributed by atoms with Gasteiger partial charge >= 0.3 is 0 Å². The average Bonchev–Trinajstić information content (AvgIpc) is 3.60. The molecule has 1 aliphatic heterocycles. The third-order valence-electron chi connectivity index (χ3n) is 5.65. The molecule has 2 amide bonds. The third-order valence-corrected chi connectivity index (χ3v) is 7.55. The molecule has 5 aromatic rings. The minimum absolute atomic E-state index is 0.176. The zero-order chi connectivity index (χ0) is 24.1. The van der Waals surface area contributed by atoms with Crippen molar-refractivity contribution in [2.45, 2.75) is 6.92 Å². The van der Waals surface area contributed by atoms with Crippen molar-refractivity contribution < 1.29 is 9.59 Å². The quantitative estimate of drug-likeness (QED) is 0.410. The fraction of sp³-hybridized carbons (Fsp3) is 0.0800. The van der Waals surface area contributed by atoms with E-state index in [0.717, 1.165) is 21.8 Å². The van der Waals surface area contributed by atoms with E-state index in [1.54, 1.807) is 30.3 Å². The number of hydrogen-bond acceptors (Lipinski definition) is 7. The lowest BCUT2D eigenvalue weighted by Gasteiger charge is -2.16. The number of benzene rings is 2. The largest absolute Gasteiger partial charge is 0.325 e. The molecule has 0 bridgehead atoms. The zero-order valence-corrected chi connectivity index (χ0v) is 20.0. The van der Waals surface area contributed by atoms with Crippen LogP contribution in [-0.4, -0.2) is 33.0 Å². The van der Waals surface area contributed by atoms with Crippen LogP contribution in [0.25, 0.3) is 21.2 Å². The van der Waals surface area contributed by atoms with Gasteiger partial charge in [0.05, 0.1) is 16.1 Å². The molecule has 8 nitrogen and oxygen atoms in total. The van der Waals surface area contributed by atoms with E-state index in [0.29, 0.717) is 27.7 Å². The van der Waals surface area contributed by atoms with Crippen molar-refractivity contribution in [3.05, 3.63) is 92.1 Å².